The maximum atomic E-state index is 2.26. The molecule has 0 atom stereocenters. The Morgan fingerprint density at radius 2 is 0.795 bits per heavy atom. The predicted octanol–water partition coefficient (Wildman–Crippen LogP) is 6.17. The normalized spacial score (nSPS) is 11.4. The molecule has 4 aromatic rings. The monoisotopic (exact) mass is 536 g/mol. The molecule has 0 saturated heterocycles. The third-order valence-electron chi connectivity index (χ3n) is 6.58. The lowest BCUT2D eigenvalue weighted by Gasteiger charge is -2.11. The second kappa shape index (κ2) is 14.4. The summed E-state index contributed by atoms with van der Waals surface area (Å²) in [5.41, 5.74) is 7.29. The van der Waals surface area contributed by atoms with Crippen molar-refractivity contribution in [1.82, 2.24) is 0 Å². The number of rotatable bonds is 12. The van der Waals surface area contributed by atoms with Gasteiger partial charge in [0.25, 0.3) is 0 Å². The Morgan fingerprint density at radius 3 is 1.10 bits per heavy atom. The van der Waals surface area contributed by atoms with E-state index in [0.717, 1.165) is 24.6 Å². The predicted molar refractivity (Wildman–Crippen MR) is 170 cm³/mol. The molecule has 0 spiro atoms. The molecule has 2 heterocycles. The molecule has 0 aliphatic heterocycles. The van der Waals surface area contributed by atoms with Gasteiger partial charge in [0.1, 0.15) is 0 Å². The largest absolute Gasteiger partial charge is 0.378 e. The van der Waals surface area contributed by atoms with Gasteiger partial charge in [0.05, 0.1) is 11.5 Å². The molecular formula is C34H40N4S+2. The zero-order valence-corrected chi connectivity index (χ0v) is 24.4. The van der Waals surface area contributed by atoms with E-state index in [1.54, 1.807) is 0 Å². The first-order valence-corrected chi connectivity index (χ1v) is 14.6. The van der Waals surface area contributed by atoms with E-state index in [1.807, 2.05) is 11.8 Å². The first-order chi connectivity index (χ1) is 19.0. The van der Waals surface area contributed by atoms with E-state index in [4.69, 9.17) is 0 Å². The number of nitrogens with zero attached hydrogens (tertiary/aromatic N) is 4. The molecule has 200 valence electrons. The minimum absolute atomic E-state index is 1.02. The molecular weight excluding hydrogens is 496 g/mol. The van der Waals surface area contributed by atoms with Crippen LogP contribution >= 0.6 is 11.8 Å². The second-order valence-corrected chi connectivity index (χ2v) is 11.2. The second-order valence-electron chi connectivity index (χ2n) is 9.99. The van der Waals surface area contributed by atoms with Gasteiger partial charge in [-0.25, -0.2) is 9.13 Å². The van der Waals surface area contributed by atoms with Crippen LogP contribution in [0.15, 0.2) is 97.6 Å². The van der Waals surface area contributed by atoms with Crippen LogP contribution in [0, 0.1) is 0 Å². The Kier molecular flexibility index (Phi) is 10.4. The molecule has 0 radical (unpaired) electrons. The average molecular weight is 537 g/mol. The molecule has 0 amide bonds. The minimum atomic E-state index is 1.02. The number of thioether (sulfide) groups is 1. The van der Waals surface area contributed by atoms with Crippen molar-refractivity contribution in [3.63, 3.8) is 0 Å². The number of aryl methyl sites for hydroxylation is 2. The highest BCUT2D eigenvalue weighted by molar-refractivity contribution is 7.99. The summed E-state index contributed by atoms with van der Waals surface area (Å²) in [5.74, 6) is 2.21. The summed E-state index contributed by atoms with van der Waals surface area (Å²) in [4.78, 5) is 4.23. The van der Waals surface area contributed by atoms with E-state index in [9.17, 15) is 0 Å². The highest BCUT2D eigenvalue weighted by Gasteiger charge is 2.04. The molecule has 0 aliphatic carbocycles. The molecule has 0 saturated carbocycles. The van der Waals surface area contributed by atoms with Crippen LogP contribution in [0.4, 0.5) is 11.4 Å². The highest BCUT2D eigenvalue weighted by Crippen LogP contribution is 2.15. The van der Waals surface area contributed by atoms with Crippen LogP contribution in [-0.2, 0) is 13.1 Å². The lowest BCUT2D eigenvalue weighted by Crippen LogP contribution is -2.35. The Balaban J connectivity index is 1.15. The fraction of sp³-hybridized carbons (Fsp3) is 0.235. The summed E-state index contributed by atoms with van der Waals surface area (Å²) < 4.78 is 4.52. The zero-order chi connectivity index (χ0) is 27.5. The SMILES string of the molecule is CN(C)c1ccc(C=Cc2cc[n+](CCSCC[n+]3ccc(C=Cc4ccc(N(C)C)cc4)cc3)cc2)cc1. The minimum Gasteiger partial charge on any atom is -0.378 e. The zero-order valence-electron chi connectivity index (χ0n) is 23.6. The van der Waals surface area contributed by atoms with Crippen molar-refractivity contribution >= 4 is 47.4 Å². The lowest BCUT2D eigenvalue weighted by atomic mass is 10.1. The van der Waals surface area contributed by atoms with E-state index in [1.165, 1.54) is 33.6 Å². The van der Waals surface area contributed by atoms with Crippen molar-refractivity contribution in [3.05, 3.63) is 120 Å². The summed E-state index contributed by atoms with van der Waals surface area (Å²) in [5, 5.41) is 0. The van der Waals surface area contributed by atoms with Crippen LogP contribution in [0.2, 0.25) is 0 Å². The number of hydrogen-bond donors (Lipinski definition) is 0. The van der Waals surface area contributed by atoms with E-state index < -0.39 is 0 Å². The van der Waals surface area contributed by atoms with Crippen LogP contribution in [0.5, 0.6) is 0 Å². The number of pyridine rings is 2. The molecule has 4 nitrogen and oxygen atoms in total. The molecule has 0 fully saturated rings. The fourth-order valence-corrected chi connectivity index (χ4v) is 4.94. The van der Waals surface area contributed by atoms with E-state index in [0.29, 0.717) is 0 Å². The van der Waals surface area contributed by atoms with Crippen LogP contribution in [0.1, 0.15) is 22.3 Å². The molecule has 0 aliphatic rings. The lowest BCUT2D eigenvalue weighted by molar-refractivity contribution is -0.693. The first kappa shape index (κ1) is 28.2. The van der Waals surface area contributed by atoms with E-state index >= 15 is 0 Å². The average Bonchev–Trinajstić information content (AvgIpc) is 2.96. The quantitative estimate of drug-likeness (QED) is 0.159. The molecule has 0 unspecified atom stereocenters. The number of benzene rings is 2. The Hall–Kier alpha value is -3.83. The van der Waals surface area contributed by atoms with Crippen molar-refractivity contribution in [1.29, 1.82) is 0 Å². The van der Waals surface area contributed by atoms with E-state index in [2.05, 4.69) is 169 Å². The van der Waals surface area contributed by atoms with Gasteiger partial charge in [-0.1, -0.05) is 48.6 Å². The van der Waals surface area contributed by atoms with Crippen LogP contribution in [0.3, 0.4) is 0 Å². The standard InChI is InChI=1S/C34H40N4S/c1-35(2)33-13-9-29(10-14-33)5-7-31-17-21-37(22-18-31)25-27-39-28-26-38-23-19-32(20-24-38)8-6-30-11-15-34(16-12-30)36(3)4/h5-24H,25-28H2,1-4H3/q+2. The van der Waals surface area contributed by atoms with Gasteiger partial charge in [-0.2, -0.15) is 0 Å². The third kappa shape index (κ3) is 9.15. The molecule has 4 rings (SSSR count). The maximum absolute atomic E-state index is 2.26. The van der Waals surface area contributed by atoms with Gasteiger partial charge in [0.2, 0.25) is 0 Å². The molecule has 2 aromatic carbocycles. The molecule has 0 N–H and O–H groups in total. The number of aromatic nitrogens is 2. The summed E-state index contributed by atoms with van der Waals surface area (Å²) in [6.07, 6.45) is 17.4. The van der Waals surface area contributed by atoms with Crippen molar-refractivity contribution in [2.45, 2.75) is 13.1 Å². The molecule has 0 bridgehead atoms. The van der Waals surface area contributed by atoms with Crippen LogP contribution in [0.25, 0.3) is 24.3 Å². The molecule has 39 heavy (non-hydrogen) atoms. The highest BCUT2D eigenvalue weighted by atomic mass is 32.2. The van der Waals surface area contributed by atoms with Crippen LogP contribution in [-0.4, -0.2) is 39.7 Å². The third-order valence-corrected chi connectivity index (χ3v) is 7.52. The van der Waals surface area contributed by atoms with Gasteiger partial charge in [-0.15, -0.1) is 11.8 Å². The Labute approximate surface area is 238 Å². The Morgan fingerprint density at radius 1 is 0.487 bits per heavy atom. The summed E-state index contributed by atoms with van der Waals surface area (Å²) >= 11 is 2.00. The van der Waals surface area contributed by atoms with Crippen molar-refractivity contribution in [2.75, 3.05) is 49.5 Å². The smallest absolute Gasteiger partial charge is 0.169 e. The van der Waals surface area contributed by atoms with E-state index in [-0.39, 0.29) is 0 Å². The summed E-state index contributed by atoms with van der Waals surface area (Å²) in [6, 6.07) is 25.9. The van der Waals surface area contributed by atoms with Gasteiger partial charge in [0, 0.05) is 63.8 Å². The maximum Gasteiger partial charge on any atom is 0.169 e. The molecule has 5 heteroatoms. The van der Waals surface area contributed by atoms with Crippen molar-refractivity contribution in [2.24, 2.45) is 0 Å². The summed E-state index contributed by atoms with van der Waals surface area (Å²) in [7, 11) is 8.25. The topological polar surface area (TPSA) is 14.2 Å². The van der Waals surface area contributed by atoms with Gasteiger partial charge in [0.15, 0.2) is 37.9 Å². The van der Waals surface area contributed by atoms with Gasteiger partial charge >= 0.3 is 0 Å². The Bertz CT molecular complexity index is 1230. The van der Waals surface area contributed by atoms with Crippen LogP contribution < -0.4 is 18.9 Å². The first-order valence-electron chi connectivity index (χ1n) is 13.4. The number of anilines is 2. The van der Waals surface area contributed by atoms with Gasteiger partial charge in [-0.3, -0.25) is 0 Å². The van der Waals surface area contributed by atoms with Crippen molar-refractivity contribution in [3.8, 4) is 0 Å². The fourth-order valence-electron chi connectivity index (χ4n) is 4.05. The van der Waals surface area contributed by atoms with Gasteiger partial charge < -0.3 is 9.80 Å². The summed E-state index contributed by atoms with van der Waals surface area (Å²) in [6.45, 7) is 2.04. The van der Waals surface area contributed by atoms with Gasteiger partial charge in [-0.05, 0) is 46.5 Å². The van der Waals surface area contributed by atoms with Crippen molar-refractivity contribution < 1.29 is 9.13 Å². The number of hydrogen-bond acceptors (Lipinski definition) is 3. The molecule has 2 aromatic heterocycles.